The van der Waals surface area contributed by atoms with Crippen molar-refractivity contribution in [2.75, 3.05) is 25.0 Å². The minimum Gasteiger partial charge on any atom is -0.329 e. The van der Waals surface area contributed by atoms with Gasteiger partial charge in [0.1, 0.15) is 5.82 Å². The molecule has 1 saturated heterocycles. The van der Waals surface area contributed by atoms with Gasteiger partial charge in [-0.3, -0.25) is 4.68 Å². The maximum absolute atomic E-state index is 5.08. The van der Waals surface area contributed by atoms with Crippen LogP contribution in [0.4, 0.5) is 11.5 Å². The van der Waals surface area contributed by atoms with Gasteiger partial charge in [-0.25, -0.2) is 4.98 Å². The lowest BCUT2D eigenvalue weighted by molar-refractivity contribution is 0.455. The lowest BCUT2D eigenvalue weighted by atomic mass is 9.95. The van der Waals surface area contributed by atoms with Crippen LogP contribution in [0.3, 0.4) is 0 Å². The number of hydrogen-bond donors (Lipinski definition) is 1. The number of piperidine rings is 1. The number of aromatic nitrogens is 5. The van der Waals surface area contributed by atoms with Crippen LogP contribution < -0.4 is 10.2 Å². The van der Waals surface area contributed by atoms with Crippen LogP contribution >= 0.6 is 0 Å². The summed E-state index contributed by atoms with van der Waals surface area (Å²) in [7, 11) is 4.01. The molecule has 1 N–H and O–H groups in total. The third kappa shape index (κ3) is 3.27. The zero-order valence-electron chi connectivity index (χ0n) is 16.8. The van der Waals surface area contributed by atoms with E-state index >= 15 is 0 Å². The Labute approximate surface area is 170 Å². The Bertz CT molecular complexity index is 1120. The predicted octanol–water partition coefficient (Wildman–Crippen LogP) is 3.36. The monoisotopic (exact) mass is 387 g/mol. The highest BCUT2D eigenvalue weighted by Gasteiger charge is 2.22. The number of rotatable bonds is 4. The molecule has 5 rings (SSSR count). The smallest absolute Gasteiger partial charge is 0.165 e. The molecule has 1 aliphatic rings. The van der Waals surface area contributed by atoms with Crippen LogP contribution in [0.5, 0.6) is 0 Å². The molecule has 1 aliphatic heterocycles. The van der Waals surface area contributed by atoms with E-state index in [0.29, 0.717) is 5.92 Å². The van der Waals surface area contributed by atoms with Gasteiger partial charge in [0.25, 0.3) is 0 Å². The summed E-state index contributed by atoms with van der Waals surface area (Å²) in [5, 5.41) is 12.5. The Morgan fingerprint density at radius 3 is 2.72 bits per heavy atom. The summed E-state index contributed by atoms with van der Waals surface area (Å²) in [6.45, 7) is 2.05. The van der Waals surface area contributed by atoms with Gasteiger partial charge < -0.3 is 10.2 Å². The fourth-order valence-electron chi connectivity index (χ4n) is 4.07. The minimum atomic E-state index is 0.410. The summed E-state index contributed by atoms with van der Waals surface area (Å²) in [6.07, 6.45) is 8.10. The van der Waals surface area contributed by atoms with Gasteiger partial charge in [-0.1, -0.05) is 18.2 Å². The first kappa shape index (κ1) is 17.9. The van der Waals surface area contributed by atoms with E-state index in [2.05, 4.69) is 52.7 Å². The van der Waals surface area contributed by atoms with Crippen LogP contribution in [0.15, 0.2) is 55.0 Å². The lowest BCUT2D eigenvalue weighted by Gasteiger charge is -2.25. The van der Waals surface area contributed by atoms with Crippen LogP contribution in [-0.4, -0.2) is 44.5 Å². The third-order valence-electron chi connectivity index (χ3n) is 5.69. The maximum Gasteiger partial charge on any atom is 0.165 e. The van der Waals surface area contributed by atoms with Crippen molar-refractivity contribution in [3.8, 4) is 11.1 Å². The van der Waals surface area contributed by atoms with Crippen LogP contribution in [0, 0.1) is 0 Å². The highest BCUT2D eigenvalue weighted by molar-refractivity contribution is 5.78. The fraction of sp³-hybridized carbons (Fsp3) is 0.318. The topological polar surface area (TPSA) is 63.3 Å². The van der Waals surface area contributed by atoms with E-state index in [-0.39, 0.29) is 0 Å². The summed E-state index contributed by atoms with van der Waals surface area (Å²) < 4.78 is 3.75. The van der Waals surface area contributed by atoms with Gasteiger partial charge in [0.15, 0.2) is 5.65 Å². The number of benzene rings is 1. The van der Waals surface area contributed by atoms with Crippen molar-refractivity contribution < 1.29 is 0 Å². The first-order valence-electron chi connectivity index (χ1n) is 10.1. The number of para-hydroxylation sites is 1. The van der Waals surface area contributed by atoms with Crippen LogP contribution in [0.25, 0.3) is 16.8 Å². The molecule has 4 heterocycles. The second kappa shape index (κ2) is 7.33. The SMILES string of the molecule is CN(c1ccccc1)c1cc(C2CCCNC2)nc2c(-c3cnn(C)c3)cnn12. The minimum absolute atomic E-state index is 0.410. The van der Waals surface area contributed by atoms with E-state index in [1.165, 1.54) is 6.42 Å². The molecular weight excluding hydrogens is 362 g/mol. The number of nitrogens with zero attached hydrogens (tertiary/aromatic N) is 6. The van der Waals surface area contributed by atoms with Gasteiger partial charge in [0, 0.05) is 55.6 Å². The largest absolute Gasteiger partial charge is 0.329 e. The van der Waals surface area contributed by atoms with Crippen molar-refractivity contribution in [3.63, 3.8) is 0 Å². The second-order valence-electron chi connectivity index (χ2n) is 7.67. The van der Waals surface area contributed by atoms with Crippen molar-refractivity contribution >= 4 is 17.2 Å². The Kier molecular flexibility index (Phi) is 4.52. The van der Waals surface area contributed by atoms with Gasteiger partial charge in [0.2, 0.25) is 0 Å². The molecule has 4 aromatic rings. The summed E-state index contributed by atoms with van der Waals surface area (Å²) in [4.78, 5) is 7.25. The number of hydrogen-bond acceptors (Lipinski definition) is 5. The highest BCUT2D eigenvalue weighted by Crippen LogP contribution is 2.32. The van der Waals surface area contributed by atoms with Crippen molar-refractivity contribution in [2.24, 2.45) is 7.05 Å². The fourth-order valence-corrected chi connectivity index (χ4v) is 4.07. The maximum atomic E-state index is 5.08. The predicted molar refractivity (Wildman–Crippen MR) is 115 cm³/mol. The molecule has 1 fully saturated rings. The van der Waals surface area contributed by atoms with Gasteiger partial charge in [-0.05, 0) is 31.5 Å². The Morgan fingerprint density at radius 1 is 1.14 bits per heavy atom. The average molecular weight is 387 g/mol. The van der Waals surface area contributed by atoms with E-state index < -0.39 is 0 Å². The molecule has 1 atom stereocenters. The molecule has 0 amide bonds. The molecule has 7 heteroatoms. The molecule has 7 nitrogen and oxygen atoms in total. The lowest BCUT2D eigenvalue weighted by Crippen LogP contribution is -2.29. The molecule has 0 aliphatic carbocycles. The molecule has 0 spiro atoms. The highest BCUT2D eigenvalue weighted by atomic mass is 15.3. The van der Waals surface area contributed by atoms with Crippen molar-refractivity contribution in [2.45, 2.75) is 18.8 Å². The van der Waals surface area contributed by atoms with E-state index in [4.69, 9.17) is 10.1 Å². The zero-order chi connectivity index (χ0) is 19.8. The van der Waals surface area contributed by atoms with Gasteiger partial charge in [-0.2, -0.15) is 14.7 Å². The summed E-state index contributed by atoms with van der Waals surface area (Å²) in [5.74, 6) is 1.42. The van der Waals surface area contributed by atoms with Crippen molar-refractivity contribution in [1.82, 2.24) is 29.7 Å². The van der Waals surface area contributed by atoms with Gasteiger partial charge >= 0.3 is 0 Å². The van der Waals surface area contributed by atoms with Crippen LogP contribution in [0.1, 0.15) is 24.5 Å². The quantitative estimate of drug-likeness (QED) is 0.582. The molecule has 0 radical (unpaired) electrons. The number of fused-ring (bicyclic) bond motifs is 1. The molecule has 148 valence electrons. The Morgan fingerprint density at radius 2 is 2.00 bits per heavy atom. The zero-order valence-corrected chi connectivity index (χ0v) is 16.8. The first-order valence-corrected chi connectivity index (χ1v) is 10.1. The number of aryl methyl sites for hydroxylation is 1. The van der Waals surface area contributed by atoms with E-state index in [0.717, 1.165) is 53.5 Å². The standard InChI is InChI=1S/C22H25N7/c1-27-15-17(13-24-27)19-14-25-29-21(28(2)18-8-4-3-5-9-18)11-20(26-22(19)29)16-7-6-10-23-12-16/h3-5,8-9,11,13-16,23H,6-7,10,12H2,1-2H3. The van der Waals surface area contributed by atoms with Crippen LogP contribution in [0.2, 0.25) is 0 Å². The Hall–Kier alpha value is -3.19. The molecule has 1 aromatic carbocycles. The normalized spacial score (nSPS) is 17.0. The van der Waals surface area contributed by atoms with Crippen molar-refractivity contribution in [3.05, 3.63) is 60.7 Å². The van der Waals surface area contributed by atoms with Crippen LogP contribution in [-0.2, 0) is 7.05 Å². The average Bonchev–Trinajstić information content (AvgIpc) is 3.39. The van der Waals surface area contributed by atoms with Crippen molar-refractivity contribution in [1.29, 1.82) is 0 Å². The summed E-state index contributed by atoms with van der Waals surface area (Å²) in [6, 6.07) is 12.6. The van der Waals surface area contributed by atoms with Gasteiger partial charge in [-0.15, -0.1) is 0 Å². The Balaban J connectivity index is 1.69. The number of anilines is 2. The third-order valence-corrected chi connectivity index (χ3v) is 5.69. The molecular formula is C22H25N7. The number of nitrogens with one attached hydrogen (secondary N) is 1. The molecule has 0 saturated carbocycles. The molecule has 29 heavy (non-hydrogen) atoms. The molecule has 3 aromatic heterocycles. The molecule has 1 unspecified atom stereocenters. The second-order valence-corrected chi connectivity index (χ2v) is 7.67. The summed E-state index contributed by atoms with van der Waals surface area (Å²) >= 11 is 0. The van der Waals surface area contributed by atoms with E-state index in [1.54, 1.807) is 0 Å². The van der Waals surface area contributed by atoms with Gasteiger partial charge in [0.05, 0.1) is 18.1 Å². The van der Waals surface area contributed by atoms with E-state index in [1.807, 2.05) is 40.9 Å². The first-order chi connectivity index (χ1) is 14.2. The van der Waals surface area contributed by atoms with E-state index in [9.17, 15) is 0 Å². The molecule has 0 bridgehead atoms. The summed E-state index contributed by atoms with van der Waals surface area (Å²) in [5.41, 5.74) is 5.15.